The third-order valence-corrected chi connectivity index (χ3v) is 3.18. The Bertz CT molecular complexity index is 802. The fourth-order valence-corrected chi connectivity index (χ4v) is 1.98. The molecule has 0 saturated carbocycles. The zero-order valence-corrected chi connectivity index (χ0v) is 13.3. The standard InChI is InChI=1S/C19H18FN3/c1-4-17(20)11-9-15(3)23-19(5-2)16(14-22-23)10-12-18-8-6-7-13-21-18/h4,6-9,11,13-14H,3,5H2,1-2H3/b11-9-,17-4+. The summed E-state index contributed by atoms with van der Waals surface area (Å²) in [5, 5.41) is 4.30. The van der Waals surface area contributed by atoms with Gasteiger partial charge in [0.05, 0.1) is 23.2 Å². The highest BCUT2D eigenvalue weighted by Crippen LogP contribution is 2.15. The molecule has 2 heterocycles. The van der Waals surface area contributed by atoms with Crippen LogP contribution in [0.2, 0.25) is 0 Å². The maximum absolute atomic E-state index is 13.2. The predicted molar refractivity (Wildman–Crippen MR) is 91.2 cm³/mol. The lowest BCUT2D eigenvalue weighted by Gasteiger charge is -2.05. The van der Waals surface area contributed by atoms with Crippen molar-refractivity contribution in [2.45, 2.75) is 20.3 Å². The number of rotatable bonds is 4. The Kier molecular flexibility index (Phi) is 5.65. The molecule has 0 fully saturated rings. The number of hydrogen-bond donors (Lipinski definition) is 0. The van der Waals surface area contributed by atoms with Gasteiger partial charge >= 0.3 is 0 Å². The van der Waals surface area contributed by atoms with Crippen molar-refractivity contribution in [2.75, 3.05) is 0 Å². The van der Waals surface area contributed by atoms with Gasteiger partial charge in [0, 0.05) is 6.20 Å². The van der Waals surface area contributed by atoms with Crippen LogP contribution in [0.1, 0.15) is 30.8 Å². The number of allylic oxidation sites excluding steroid dienone is 5. The van der Waals surface area contributed by atoms with Crippen molar-refractivity contribution in [2.24, 2.45) is 0 Å². The van der Waals surface area contributed by atoms with Gasteiger partial charge in [0.15, 0.2) is 0 Å². The van der Waals surface area contributed by atoms with Crippen molar-refractivity contribution in [3.8, 4) is 11.8 Å². The van der Waals surface area contributed by atoms with E-state index in [1.165, 1.54) is 12.2 Å². The van der Waals surface area contributed by atoms with E-state index in [2.05, 4.69) is 28.5 Å². The van der Waals surface area contributed by atoms with Crippen LogP contribution in [-0.4, -0.2) is 14.8 Å². The second-order valence-electron chi connectivity index (χ2n) is 4.73. The molecule has 0 N–H and O–H groups in total. The minimum absolute atomic E-state index is 0.313. The molecule has 0 radical (unpaired) electrons. The normalized spacial score (nSPS) is 11.3. The van der Waals surface area contributed by atoms with Crippen LogP contribution in [-0.2, 0) is 6.42 Å². The third kappa shape index (κ3) is 4.27. The average Bonchev–Trinajstić information content (AvgIpc) is 3.01. The van der Waals surface area contributed by atoms with Gasteiger partial charge in [0.25, 0.3) is 0 Å². The molecular formula is C19H18FN3. The summed E-state index contributed by atoms with van der Waals surface area (Å²) in [5.41, 5.74) is 3.05. The molecule has 2 rings (SSSR count). The number of aromatic nitrogens is 3. The van der Waals surface area contributed by atoms with Crippen LogP contribution in [0.15, 0.2) is 61.2 Å². The van der Waals surface area contributed by atoms with Gasteiger partial charge in [0.2, 0.25) is 0 Å². The van der Waals surface area contributed by atoms with E-state index < -0.39 is 0 Å². The minimum atomic E-state index is -0.313. The Balaban J connectivity index is 2.29. The first kappa shape index (κ1) is 16.4. The van der Waals surface area contributed by atoms with Gasteiger partial charge in [-0.2, -0.15) is 5.10 Å². The Morgan fingerprint density at radius 2 is 2.17 bits per heavy atom. The van der Waals surface area contributed by atoms with Crippen molar-refractivity contribution in [3.05, 3.63) is 78.2 Å². The van der Waals surface area contributed by atoms with Gasteiger partial charge in [-0.05, 0) is 43.5 Å². The monoisotopic (exact) mass is 307 g/mol. The largest absolute Gasteiger partial charge is 0.248 e. The van der Waals surface area contributed by atoms with Crippen molar-refractivity contribution >= 4 is 5.70 Å². The van der Waals surface area contributed by atoms with Crippen LogP contribution in [0.3, 0.4) is 0 Å². The zero-order chi connectivity index (χ0) is 16.7. The van der Waals surface area contributed by atoms with Gasteiger partial charge < -0.3 is 0 Å². The SMILES string of the molecule is C=C(/C=C\C(F)=C/C)n1ncc(C#Cc2ccccn2)c1CC. The van der Waals surface area contributed by atoms with Crippen LogP contribution in [0.5, 0.6) is 0 Å². The topological polar surface area (TPSA) is 30.7 Å². The van der Waals surface area contributed by atoms with Gasteiger partial charge in [0.1, 0.15) is 11.5 Å². The zero-order valence-electron chi connectivity index (χ0n) is 13.3. The summed E-state index contributed by atoms with van der Waals surface area (Å²) < 4.78 is 14.9. The molecule has 0 bridgehead atoms. The van der Waals surface area contributed by atoms with Crippen molar-refractivity contribution in [3.63, 3.8) is 0 Å². The lowest BCUT2D eigenvalue weighted by atomic mass is 10.2. The molecule has 3 nitrogen and oxygen atoms in total. The molecule has 0 saturated heterocycles. The molecule has 2 aromatic heterocycles. The van der Waals surface area contributed by atoms with Crippen LogP contribution < -0.4 is 0 Å². The smallest absolute Gasteiger partial charge is 0.119 e. The van der Waals surface area contributed by atoms with Crippen LogP contribution >= 0.6 is 0 Å². The molecule has 4 heteroatoms. The Hall–Kier alpha value is -2.93. The van der Waals surface area contributed by atoms with Crippen molar-refractivity contribution in [1.82, 2.24) is 14.8 Å². The summed E-state index contributed by atoms with van der Waals surface area (Å²) in [6, 6.07) is 5.59. The Morgan fingerprint density at radius 1 is 1.35 bits per heavy atom. The van der Waals surface area contributed by atoms with E-state index in [-0.39, 0.29) is 5.83 Å². The van der Waals surface area contributed by atoms with E-state index in [4.69, 9.17) is 0 Å². The summed E-state index contributed by atoms with van der Waals surface area (Å²) in [6.07, 6.45) is 8.49. The van der Waals surface area contributed by atoms with E-state index in [0.717, 1.165) is 17.7 Å². The number of halogens is 1. The number of hydrogen-bond acceptors (Lipinski definition) is 2. The van der Waals surface area contributed by atoms with E-state index in [9.17, 15) is 4.39 Å². The Morgan fingerprint density at radius 3 is 2.83 bits per heavy atom. The van der Waals surface area contributed by atoms with Gasteiger partial charge in [-0.1, -0.05) is 31.6 Å². The third-order valence-electron chi connectivity index (χ3n) is 3.18. The summed E-state index contributed by atoms with van der Waals surface area (Å²) in [4.78, 5) is 4.17. The molecule has 116 valence electrons. The molecular weight excluding hydrogens is 289 g/mol. The molecule has 0 aliphatic heterocycles. The molecule has 0 amide bonds. The molecule has 0 aromatic carbocycles. The summed E-state index contributed by atoms with van der Waals surface area (Å²) in [5.74, 6) is 5.79. The highest BCUT2D eigenvalue weighted by Gasteiger charge is 2.08. The van der Waals surface area contributed by atoms with Crippen molar-refractivity contribution < 1.29 is 4.39 Å². The maximum Gasteiger partial charge on any atom is 0.119 e. The van der Waals surface area contributed by atoms with Crippen molar-refractivity contribution in [1.29, 1.82) is 0 Å². The average molecular weight is 307 g/mol. The summed E-state index contributed by atoms with van der Waals surface area (Å²) in [7, 11) is 0. The van der Waals surface area contributed by atoms with Crippen LogP contribution in [0.25, 0.3) is 5.70 Å². The first-order valence-corrected chi connectivity index (χ1v) is 7.34. The number of pyridine rings is 1. The molecule has 23 heavy (non-hydrogen) atoms. The summed E-state index contributed by atoms with van der Waals surface area (Å²) in [6.45, 7) is 7.59. The molecule has 2 aromatic rings. The lowest BCUT2D eigenvalue weighted by Crippen LogP contribution is -2.01. The first-order valence-electron chi connectivity index (χ1n) is 7.34. The van der Waals surface area contributed by atoms with E-state index >= 15 is 0 Å². The van der Waals surface area contributed by atoms with E-state index in [1.54, 1.807) is 30.1 Å². The lowest BCUT2D eigenvalue weighted by molar-refractivity contribution is 0.664. The van der Waals surface area contributed by atoms with Gasteiger partial charge in [-0.3, -0.25) is 0 Å². The molecule has 0 atom stereocenters. The highest BCUT2D eigenvalue weighted by atomic mass is 19.1. The summed E-state index contributed by atoms with van der Waals surface area (Å²) >= 11 is 0. The fourth-order valence-electron chi connectivity index (χ4n) is 1.98. The first-order chi connectivity index (χ1) is 11.2. The predicted octanol–water partition coefficient (Wildman–Crippen LogP) is 4.14. The van der Waals surface area contributed by atoms with Crippen LogP contribution in [0, 0.1) is 11.8 Å². The van der Waals surface area contributed by atoms with Gasteiger partial charge in [-0.25, -0.2) is 14.1 Å². The molecule has 0 aliphatic carbocycles. The van der Waals surface area contributed by atoms with Gasteiger partial charge in [-0.15, -0.1) is 0 Å². The molecule has 0 spiro atoms. The molecule has 0 unspecified atom stereocenters. The Labute approximate surface area is 135 Å². The molecule has 0 aliphatic rings. The van der Waals surface area contributed by atoms with Crippen LogP contribution in [0.4, 0.5) is 4.39 Å². The second kappa shape index (κ2) is 7.90. The fraction of sp³-hybridized carbons (Fsp3) is 0.158. The van der Waals surface area contributed by atoms with E-state index in [0.29, 0.717) is 11.4 Å². The highest BCUT2D eigenvalue weighted by molar-refractivity contribution is 5.57. The maximum atomic E-state index is 13.2. The quantitative estimate of drug-likeness (QED) is 0.628. The number of nitrogens with zero attached hydrogens (tertiary/aromatic N) is 3. The minimum Gasteiger partial charge on any atom is -0.248 e. The second-order valence-corrected chi connectivity index (χ2v) is 4.73. The van der Waals surface area contributed by atoms with E-state index in [1.807, 2.05) is 25.1 Å².